The Balaban J connectivity index is 1.94. The maximum absolute atomic E-state index is 13.0. The smallest absolute Gasteiger partial charge is 0.335 e. The molecule has 1 aliphatic rings. The molecule has 0 aliphatic carbocycles. The number of methoxy groups -OCH3 is 1. The van der Waals surface area contributed by atoms with Gasteiger partial charge < -0.3 is 14.9 Å². The second kappa shape index (κ2) is 8.23. The number of hydrogen-bond donors (Lipinski definition) is 2. The number of amides is 1. The second-order valence-corrected chi connectivity index (χ2v) is 8.09. The number of aliphatic hydroxyl groups is 1. The van der Waals surface area contributed by atoms with E-state index in [1.165, 1.54) is 25.3 Å². The molecular formula is C22H17N3O6S. The number of aliphatic hydroxyl groups excluding tert-OH is 1. The molecule has 0 radical (unpaired) electrons. The number of Topliss-reactive ketones (excluding diaryl/α,β-unsaturated/α-hetero) is 1. The number of hydrogen-bond acceptors (Lipinski definition) is 8. The van der Waals surface area contributed by atoms with Gasteiger partial charge in [-0.3, -0.25) is 14.5 Å². The molecule has 9 nitrogen and oxygen atoms in total. The molecule has 0 spiro atoms. The SMILES string of the molecule is COc1ccc(/C(O)=C2\C(=O)C(=O)N(c3nnc(C)s3)C2c2cccc(C(=O)O)c2)cc1. The summed E-state index contributed by atoms with van der Waals surface area (Å²) in [5.74, 6) is -2.79. The van der Waals surface area contributed by atoms with Crippen molar-refractivity contribution in [3.05, 3.63) is 75.8 Å². The highest BCUT2D eigenvalue weighted by molar-refractivity contribution is 7.15. The summed E-state index contributed by atoms with van der Waals surface area (Å²) in [5, 5.41) is 29.1. The minimum Gasteiger partial charge on any atom is -0.507 e. The number of benzene rings is 2. The van der Waals surface area contributed by atoms with Gasteiger partial charge >= 0.3 is 11.9 Å². The van der Waals surface area contributed by atoms with Gasteiger partial charge in [-0.25, -0.2) is 4.79 Å². The topological polar surface area (TPSA) is 130 Å². The van der Waals surface area contributed by atoms with Crippen LogP contribution in [0, 0.1) is 6.92 Å². The van der Waals surface area contributed by atoms with E-state index in [1.807, 2.05) is 0 Å². The number of carboxylic acid groups (broad SMARTS) is 1. The molecule has 1 amide bonds. The van der Waals surface area contributed by atoms with Crippen molar-refractivity contribution in [2.45, 2.75) is 13.0 Å². The average Bonchev–Trinajstić information content (AvgIpc) is 3.34. The van der Waals surface area contributed by atoms with Crippen LogP contribution in [0.25, 0.3) is 5.76 Å². The predicted molar refractivity (Wildman–Crippen MR) is 116 cm³/mol. The molecule has 10 heteroatoms. The van der Waals surface area contributed by atoms with E-state index in [2.05, 4.69) is 10.2 Å². The van der Waals surface area contributed by atoms with E-state index in [1.54, 1.807) is 37.3 Å². The monoisotopic (exact) mass is 451 g/mol. The van der Waals surface area contributed by atoms with Crippen molar-refractivity contribution in [2.24, 2.45) is 0 Å². The number of ether oxygens (including phenoxy) is 1. The van der Waals surface area contributed by atoms with E-state index in [4.69, 9.17) is 4.74 Å². The predicted octanol–water partition coefficient (Wildman–Crippen LogP) is 3.18. The lowest BCUT2D eigenvalue weighted by Crippen LogP contribution is -2.29. The van der Waals surface area contributed by atoms with E-state index in [-0.39, 0.29) is 22.0 Å². The Bertz CT molecular complexity index is 1260. The number of carbonyl (C=O) groups excluding carboxylic acids is 2. The van der Waals surface area contributed by atoms with Crippen molar-refractivity contribution >= 4 is 39.9 Å². The van der Waals surface area contributed by atoms with Crippen molar-refractivity contribution < 1.29 is 29.3 Å². The summed E-state index contributed by atoms with van der Waals surface area (Å²) in [7, 11) is 1.50. The summed E-state index contributed by atoms with van der Waals surface area (Å²) in [6.45, 7) is 1.70. The molecule has 1 unspecified atom stereocenters. The van der Waals surface area contributed by atoms with Crippen LogP contribution in [0.2, 0.25) is 0 Å². The fourth-order valence-corrected chi connectivity index (χ4v) is 4.19. The van der Waals surface area contributed by atoms with Gasteiger partial charge in [0.25, 0.3) is 5.78 Å². The van der Waals surface area contributed by atoms with Crippen molar-refractivity contribution in [2.75, 3.05) is 12.0 Å². The van der Waals surface area contributed by atoms with Crippen LogP contribution in [-0.4, -0.2) is 45.2 Å². The van der Waals surface area contributed by atoms with Gasteiger partial charge in [-0.15, -0.1) is 10.2 Å². The Morgan fingerprint density at radius 1 is 1.06 bits per heavy atom. The summed E-state index contributed by atoms with van der Waals surface area (Å²) in [4.78, 5) is 38.7. The highest BCUT2D eigenvalue weighted by atomic mass is 32.1. The number of aromatic nitrogens is 2. The quantitative estimate of drug-likeness (QED) is 0.344. The number of rotatable bonds is 5. The van der Waals surface area contributed by atoms with Crippen molar-refractivity contribution in [1.29, 1.82) is 0 Å². The normalized spacial score (nSPS) is 17.6. The summed E-state index contributed by atoms with van der Waals surface area (Å²) in [5.41, 5.74) is 0.449. The minimum absolute atomic E-state index is 0.0222. The van der Waals surface area contributed by atoms with Crippen LogP contribution in [0.1, 0.15) is 32.5 Å². The summed E-state index contributed by atoms with van der Waals surface area (Å²) in [6.07, 6.45) is 0. The fraction of sp³-hybridized carbons (Fsp3) is 0.136. The lowest BCUT2D eigenvalue weighted by molar-refractivity contribution is -0.132. The van der Waals surface area contributed by atoms with Crippen LogP contribution >= 0.6 is 11.3 Å². The first-order chi connectivity index (χ1) is 15.3. The van der Waals surface area contributed by atoms with E-state index in [9.17, 15) is 24.6 Å². The Labute approximate surface area is 186 Å². The first kappa shape index (κ1) is 21.2. The summed E-state index contributed by atoms with van der Waals surface area (Å²) in [6, 6.07) is 11.1. The van der Waals surface area contributed by atoms with E-state index in [0.717, 1.165) is 16.2 Å². The molecule has 162 valence electrons. The lowest BCUT2D eigenvalue weighted by atomic mass is 9.94. The molecule has 2 heterocycles. The van der Waals surface area contributed by atoms with E-state index >= 15 is 0 Å². The van der Waals surface area contributed by atoms with E-state index in [0.29, 0.717) is 21.9 Å². The molecule has 1 saturated heterocycles. The molecule has 1 fully saturated rings. The molecule has 4 rings (SSSR count). The molecule has 1 aromatic heterocycles. The minimum atomic E-state index is -1.16. The van der Waals surface area contributed by atoms with Crippen LogP contribution in [0.4, 0.5) is 5.13 Å². The third-order valence-corrected chi connectivity index (χ3v) is 5.82. The first-order valence-corrected chi connectivity index (χ1v) is 10.2. The molecule has 2 aromatic carbocycles. The van der Waals surface area contributed by atoms with Gasteiger partial charge in [-0.05, 0) is 48.9 Å². The van der Waals surface area contributed by atoms with Gasteiger partial charge in [-0.2, -0.15) is 0 Å². The van der Waals surface area contributed by atoms with Crippen molar-refractivity contribution in [3.8, 4) is 5.75 Å². The number of carbonyl (C=O) groups is 3. The molecule has 0 saturated carbocycles. The van der Waals surface area contributed by atoms with Gasteiger partial charge in [0.15, 0.2) is 0 Å². The van der Waals surface area contributed by atoms with Gasteiger partial charge in [0.2, 0.25) is 5.13 Å². The molecule has 1 aliphatic heterocycles. The number of anilines is 1. The Kier molecular flexibility index (Phi) is 5.45. The van der Waals surface area contributed by atoms with Gasteiger partial charge in [0.05, 0.1) is 24.3 Å². The average molecular weight is 451 g/mol. The van der Waals surface area contributed by atoms with Crippen LogP contribution in [0.3, 0.4) is 0 Å². The van der Waals surface area contributed by atoms with Gasteiger partial charge in [0.1, 0.15) is 16.5 Å². The lowest BCUT2D eigenvalue weighted by Gasteiger charge is -2.22. The third-order valence-electron chi connectivity index (χ3n) is 4.98. The van der Waals surface area contributed by atoms with Crippen LogP contribution < -0.4 is 9.64 Å². The second-order valence-electron chi connectivity index (χ2n) is 6.93. The molecule has 0 bridgehead atoms. The molecule has 2 N–H and O–H groups in total. The molecular weight excluding hydrogens is 434 g/mol. The standard InChI is InChI=1S/C22H17N3O6S/c1-11-23-24-22(32-11)25-17(13-4-3-5-14(10-13)21(29)30)16(19(27)20(25)28)18(26)12-6-8-15(31-2)9-7-12/h3-10,17,26H,1-2H3,(H,29,30)/b18-16+. The zero-order valence-corrected chi connectivity index (χ0v) is 17.8. The van der Waals surface area contributed by atoms with Crippen molar-refractivity contribution in [3.63, 3.8) is 0 Å². The Morgan fingerprint density at radius 2 is 1.78 bits per heavy atom. The zero-order valence-electron chi connectivity index (χ0n) is 17.0. The Morgan fingerprint density at radius 3 is 2.38 bits per heavy atom. The maximum atomic E-state index is 13.0. The fourth-order valence-electron chi connectivity index (χ4n) is 3.47. The number of aromatic carboxylic acids is 1. The molecule has 3 aromatic rings. The number of aryl methyl sites for hydroxylation is 1. The first-order valence-electron chi connectivity index (χ1n) is 9.40. The number of ketones is 1. The maximum Gasteiger partial charge on any atom is 0.335 e. The molecule has 32 heavy (non-hydrogen) atoms. The van der Waals surface area contributed by atoms with Crippen LogP contribution in [-0.2, 0) is 9.59 Å². The van der Waals surface area contributed by atoms with Crippen LogP contribution in [0.15, 0.2) is 54.1 Å². The third kappa shape index (κ3) is 3.60. The van der Waals surface area contributed by atoms with E-state index < -0.39 is 23.7 Å². The number of carboxylic acids is 1. The number of nitrogens with zero attached hydrogens (tertiary/aromatic N) is 3. The Hall–Kier alpha value is -4.05. The summed E-state index contributed by atoms with van der Waals surface area (Å²) >= 11 is 1.11. The van der Waals surface area contributed by atoms with Gasteiger partial charge in [0, 0.05) is 5.56 Å². The van der Waals surface area contributed by atoms with Gasteiger partial charge in [-0.1, -0.05) is 23.5 Å². The summed E-state index contributed by atoms with van der Waals surface area (Å²) < 4.78 is 5.12. The highest BCUT2D eigenvalue weighted by Gasteiger charge is 2.48. The molecule has 1 atom stereocenters. The largest absolute Gasteiger partial charge is 0.507 e. The zero-order chi connectivity index (χ0) is 23.0. The van der Waals surface area contributed by atoms with Crippen LogP contribution in [0.5, 0.6) is 5.75 Å². The van der Waals surface area contributed by atoms with Crippen molar-refractivity contribution in [1.82, 2.24) is 10.2 Å². The highest BCUT2D eigenvalue weighted by Crippen LogP contribution is 2.43.